The van der Waals surface area contributed by atoms with Crippen molar-refractivity contribution in [1.82, 2.24) is 0 Å². The van der Waals surface area contributed by atoms with Crippen molar-refractivity contribution in [2.24, 2.45) is 5.92 Å². The van der Waals surface area contributed by atoms with Crippen molar-refractivity contribution in [1.29, 1.82) is 0 Å². The summed E-state index contributed by atoms with van der Waals surface area (Å²) >= 11 is -2.21. The molecular weight excluding hydrogens is 638 g/mol. The molecule has 0 N–H and O–H groups in total. The van der Waals surface area contributed by atoms with Crippen molar-refractivity contribution in [2.75, 3.05) is 0 Å². The second kappa shape index (κ2) is 10.5. The third-order valence-electron chi connectivity index (χ3n) is 7.38. The fourth-order valence-corrected chi connectivity index (χ4v) is 33.7. The quantitative estimate of drug-likeness (QED) is 0.430. The third-order valence-corrected chi connectivity index (χ3v) is 34.1. The molecule has 0 fully saturated rings. The molecule has 0 radical (unpaired) electrons. The molecule has 0 heterocycles. The third kappa shape index (κ3) is 5.31. The molecule has 0 bridgehead atoms. The second-order valence-electron chi connectivity index (χ2n) is 12.2. The molecule has 182 valence electrons. The van der Waals surface area contributed by atoms with Gasteiger partial charge in [0.25, 0.3) is 0 Å². The molecule has 0 amide bonds. The van der Waals surface area contributed by atoms with Crippen molar-refractivity contribution in [3.63, 3.8) is 0 Å². The van der Waals surface area contributed by atoms with Gasteiger partial charge in [-0.05, 0) is 0 Å². The standard InChI is InChI=1S/C21H25.C7H9.C2H6Si.2ClH.Hf/c1-20(2,3)16-7-9-18-14(12-16)11-15-13-17(21(4,5)6)8-10-19(15)18;1-6-3-4-7(2)5-6;1-3-2;;;/h7-13H,1-6H3;3-4,6H,1-2H3;1-2H3;2*1H;/q;;;;;+2/p-2. The van der Waals surface area contributed by atoms with E-state index in [1.165, 1.54) is 22.3 Å². The summed E-state index contributed by atoms with van der Waals surface area (Å²) in [5.41, 5.74) is 10.9. The monoisotopic (exact) mass is 678 g/mol. The molecule has 0 saturated heterocycles. The van der Waals surface area contributed by atoms with Gasteiger partial charge in [0.15, 0.2) is 0 Å². The van der Waals surface area contributed by atoms with Gasteiger partial charge in [0.1, 0.15) is 0 Å². The number of rotatable bonds is 2. The zero-order valence-electron chi connectivity index (χ0n) is 22.5. The van der Waals surface area contributed by atoms with Gasteiger partial charge in [0.05, 0.1) is 0 Å². The fraction of sp³-hybridized carbons (Fsp3) is 0.467. The molecule has 0 saturated carbocycles. The molecule has 2 aliphatic carbocycles. The fourth-order valence-electron chi connectivity index (χ4n) is 5.51. The molecule has 34 heavy (non-hydrogen) atoms. The van der Waals surface area contributed by atoms with Crippen molar-refractivity contribution in [3.05, 3.63) is 79.7 Å². The van der Waals surface area contributed by atoms with Gasteiger partial charge >= 0.3 is 205 Å². The van der Waals surface area contributed by atoms with Gasteiger partial charge in [-0.2, -0.15) is 0 Å². The molecular formula is C30H40Cl2HfSi. The van der Waals surface area contributed by atoms with Gasteiger partial charge < -0.3 is 24.8 Å². The molecule has 0 aliphatic heterocycles. The maximum Gasteiger partial charge on any atom is -1.00 e. The minimum absolute atomic E-state index is 0. The molecule has 1 unspecified atom stereocenters. The maximum atomic E-state index is 2.62. The number of benzene rings is 2. The Morgan fingerprint density at radius 2 is 1.21 bits per heavy atom. The Hall–Kier alpha value is -0.413. The molecule has 2 aromatic carbocycles. The van der Waals surface area contributed by atoms with Crippen molar-refractivity contribution in [2.45, 2.75) is 83.0 Å². The van der Waals surface area contributed by atoms with Gasteiger partial charge in [0.2, 0.25) is 0 Å². The Morgan fingerprint density at radius 3 is 1.53 bits per heavy atom. The van der Waals surface area contributed by atoms with Crippen LogP contribution >= 0.6 is 0 Å². The summed E-state index contributed by atoms with van der Waals surface area (Å²) < 4.78 is 2.57. The number of hydrogen-bond donors (Lipinski definition) is 0. The summed E-state index contributed by atoms with van der Waals surface area (Å²) in [6.45, 7) is 24.2. The van der Waals surface area contributed by atoms with Crippen molar-refractivity contribution >= 4 is 5.49 Å². The Kier molecular flexibility index (Phi) is 9.23. The van der Waals surface area contributed by atoms with Crippen LogP contribution in [0.4, 0.5) is 0 Å². The van der Waals surface area contributed by atoms with E-state index in [0.29, 0.717) is 9.59 Å². The molecule has 1 atom stereocenters. The van der Waals surface area contributed by atoms with Crippen LogP contribution in [0.15, 0.2) is 57.5 Å². The van der Waals surface area contributed by atoms with Crippen LogP contribution in [0.25, 0.3) is 11.1 Å². The molecule has 4 rings (SSSR count). The predicted octanol–water partition coefficient (Wildman–Crippen LogP) is 2.71. The van der Waals surface area contributed by atoms with E-state index in [2.05, 4.69) is 117 Å². The first-order valence-corrected chi connectivity index (χ1v) is 23.9. The van der Waals surface area contributed by atoms with Gasteiger partial charge in [0, 0.05) is 0 Å². The van der Waals surface area contributed by atoms with Crippen LogP contribution in [0.2, 0.25) is 13.1 Å². The van der Waals surface area contributed by atoms with E-state index >= 15 is 0 Å². The van der Waals surface area contributed by atoms with E-state index < -0.39 is 20.1 Å². The average Bonchev–Trinajstić information content (AvgIpc) is 3.18. The van der Waals surface area contributed by atoms with Crippen LogP contribution in [0, 0.1) is 5.92 Å². The Labute approximate surface area is 228 Å². The minimum Gasteiger partial charge on any atom is -1.00 e. The largest absolute Gasteiger partial charge is 1.00 e. The summed E-state index contributed by atoms with van der Waals surface area (Å²) in [7, 11) is 0. The SMILES string of the molecule is CC1=[C]([Hf+2]([CH]2c3cc(C(C)(C)C)ccc3-c3ccc(C(C)(C)C)cc32)=[Si](C)C)C(C)C=C1.[Cl-].[Cl-]. The normalized spacial score (nSPS) is 16.9. The molecule has 4 heteroatoms. The maximum absolute atomic E-state index is 2.62. The zero-order valence-corrected chi connectivity index (χ0v) is 28.6. The van der Waals surface area contributed by atoms with Gasteiger partial charge in [-0.15, -0.1) is 0 Å². The van der Waals surface area contributed by atoms with Crippen LogP contribution in [-0.4, -0.2) is 5.49 Å². The minimum atomic E-state index is -2.21. The summed E-state index contributed by atoms with van der Waals surface area (Å²) in [5.74, 6) is 0.640. The van der Waals surface area contributed by atoms with E-state index in [1.54, 1.807) is 16.7 Å². The van der Waals surface area contributed by atoms with Crippen LogP contribution in [0.1, 0.15) is 81.3 Å². The first-order chi connectivity index (χ1) is 14.8. The number of halogens is 2. The Morgan fingerprint density at radius 1 is 0.765 bits per heavy atom. The molecule has 0 aromatic heterocycles. The molecule has 0 spiro atoms. The number of allylic oxidation sites excluding steroid dienone is 4. The van der Waals surface area contributed by atoms with E-state index in [0.717, 1.165) is 0 Å². The zero-order chi connectivity index (χ0) is 23.6. The summed E-state index contributed by atoms with van der Waals surface area (Å²) in [6.07, 6.45) is 4.89. The Balaban J connectivity index is 0.00000204. The molecule has 0 nitrogen and oxygen atoms in total. The molecule has 2 aliphatic rings. The summed E-state index contributed by atoms with van der Waals surface area (Å²) in [6, 6.07) is 14.9. The summed E-state index contributed by atoms with van der Waals surface area (Å²) in [4.78, 5) is 0. The predicted molar refractivity (Wildman–Crippen MR) is 140 cm³/mol. The van der Waals surface area contributed by atoms with Crippen molar-refractivity contribution in [3.8, 4) is 11.1 Å². The van der Waals surface area contributed by atoms with E-state index in [-0.39, 0.29) is 41.1 Å². The van der Waals surface area contributed by atoms with Gasteiger partial charge in [-0.3, -0.25) is 0 Å². The average molecular weight is 678 g/mol. The number of fused-ring (bicyclic) bond motifs is 3. The van der Waals surface area contributed by atoms with Crippen LogP contribution in [0.5, 0.6) is 0 Å². The van der Waals surface area contributed by atoms with E-state index in [1.807, 2.05) is 3.33 Å². The topological polar surface area (TPSA) is 0 Å². The Bertz CT molecular complexity index is 1120. The second-order valence-corrected chi connectivity index (χ2v) is 36.4. The van der Waals surface area contributed by atoms with Crippen LogP contribution in [0.3, 0.4) is 0 Å². The molecule has 2 aromatic rings. The first kappa shape index (κ1) is 29.8. The smallest absolute Gasteiger partial charge is 1.00 e. The van der Waals surface area contributed by atoms with E-state index in [9.17, 15) is 0 Å². The first-order valence-electron chi connectivity index (χ1n) is 12.2. The van der Waals surface area contributed by atoms with E-state index in [4.69, 9.17) is 0 Å². The number of hydrogen-bond acceptors (Lipinski definition) is 0. The van der Waals surface area contributed by atoms with Gasteiger partial charge in [-0.1, -0.05) is 0 Å². The summed E-state index contributed by atoms with van der Waals surface area (Å²) in [5, 5.41) is 0. The van der Waals surface area contributed by atoms with Crippen LogP contribution in [-0.2, 0) is 30.9 Å². The van der Waals surface area contributed by atoms with Gasteiger partial charge in [-0.25, -0.2) is 0 Å². The van der Waals surface area contributed by atoms with Crippen molar-refractivity contribution < 1.29 is 44.9 Å². The van der Waals surface area contributed by atoms with Crippen LogP contribution < -0.4 is 24.8 Å².